The molecule has 3 rings (SSSR count). The molecule has 1 aromatic heterocycles. The third-order valence-corrected chi connectivity index (χ3v) is 5.23. The van der Waals surface area contributed by atoms with Gasteiger partial charge in [-0.05, 0) is 62.8 Å². The number of nitrogens with one attached hydrogen (secondary N) is 1. The Morgan fingerprint density at radius 1 is 1.33 bits per heavy atom. The molecule has 1 fully saturated rings. The van der Waals surface area contributed by atoms with Crippen LogP contribution in [0.3, 0.4) is 0 Å². The van der Waals surface area contributed by atoms with Crippen LogP contribution < -0.4 is 10.1 Å². The molecule has 5 heteroatoms. The first kappa shape index (κ1) is 19.6. The van der Waals surface area contributed by atoms with E-state index in [1.165, 1.54) is 0 Å². The summed E-state index contributed by atoms with van der Waals surface area (Å²) < 4.78 is 11.8. The van der Waals surface area contributed by atoms with Crippen molar-refractivity contribution in [3.63, 3.8) is 0 Å². The maximum atomic E-state index is 13.2. The summed E-state index contributed by atoms with van der Waals surface area (Å²) in [5.41, 5.74) is 0.786. The van der Waals surface area contributed by atoms with E-state index in [1.54, 1.807) is 6.20 Å². The molecule has 1 aromatic carbocycles. The fourth-order valence-electron chi connectivity index (χ4n) is 4.00. The van der Waals surface area contributed by atoms with Crippen LogP contribution in [0.1, 0.15) is 52.9 Å². The van der Waals surface area contributed by atoms with Gasteiger partial charge in [0.15, 0.2) is 0 Å². The van der Waals surface area contributed by atoms with E-state index in [0.29, 0.717) is 19.1 Å². The lowest BCUT2D eigenvalue weighted by molar-refractivity contribution is -0.147. The minimum absolute atomic E-state index is 0.0525. The Bertz CT molecular complexity index is 788. The lowest BCUT2D eigenvalue weighted by Gasteiger charge is -2.38. The number of amides is 1. The van der Waals surface area contributed by atoms with Gasteiger partial charge in [-0.25, -0.2) is 0 Å². The average Bonchev–Trinajstić information content (AvgIpc) is 2.67. The maximum absolute atomic E-state index is 13.2. The second-order valence-electron chi connectivity index (χ2n) is 7.44. The van der Waals surface area contributed by atoms with E-state index in [4.69, 9.17) is 9.47 Å². The molecule has 5 nitrogen and oxygen atoms in total. The fourth-order valence-corrected chi connectivity index (χ4v) is 4.00. The number of anilines is 1. The summed E-state index contributed by atoms with van der Waals surface area (Å²) in [6.45, 7) is 7.39. The van der Waals surface area contributed by atoms with Gasteiger partial charge in [0.05, 0.1) is 12.3 Å². The molecule has 1 aliphatic rings. The van der Waals surface area contributed by atoms with Gasteiger partial charge in [-0.3, -0.25) is 9.78 Å². The van der Waals surface area contributed by atoms with Gasteiger partial charge in [-0.1, -0.05) is 20.3 Å². The highest BCUT2D eigenvalue weighted by atomic mass is 16.5. The quantitative estimate of drug-likeness (QED) is 0.749. The summed E-state index contributed by atoms with van der Waals surface area (Å²) in [5.74, 6) is 1.18. The van der Waals surface area contributed by atoms with Gasteiger partial charge in [-0.2, -0.15) is 0 Å². The van der Waals surface area contributed by atoms with Crippen molar-refractivity contribution >= 4 is 22.5 Å². The van der Waals surface area contributed by atoms with Gasteiger partial charge < -0.3 is 14.8 Å². The summed E-state index contributed by atoms with van der Waals surface area (Å²) in [6.07, 6.45) is 6.38. The number of rotatable bonds is 7. The molecule has 27 heavy (non-hydrogen) atoms. The second-order valence-corrected chi connectivity index (χ2v) is 7.44. The van der Waals surface area contributed by atoms with Crippen molar-refractivity contribution in [2.45, 2.75) is 58.5 Å². The Labute approximate surface area is 161 Å². The lowest BCUT2D eigenvalue weighted by atomic mass is 9.78. The summed E-state index contributed by atoms with van der Waals surface area (Å²) >= 11 is 0. The van der Waals surface area contributed by atoms with Crippen molar-refractivity contribution < 1.29 is 14.3 Å². The average molecular weight is 370 g/mol. The van der Waals surface area contributed by atoms with E-state index >= 15 is 0 Å². The Morgan fingerprint density at radius 3 is 2.93 bits per heavy atom. The number of aromatic nitrogens is 1. The molecule has 2 aromatic rings. The van der Waals surface area contributed by atoms with Gasteiger partial charge in [0, 0.05) is 18.2 Å². The zero-order chi connectivity index (χ0) is 19.3. The SMILES string of the molecule is CCCOc1ccc(NC(=O)[C@]2(OCC)CCC[C@@H](C)C2)c2cccnc12. The number of nitrogens with zero attached hydrogens (tertiary/aromatic N) is 1. The standard InChI is InChI=1S/C22H30N2O3/c1-4-14-26-19-11-10-18(17-9-7-13-23-20(17)19)24-21(25)22(27-5-2)12-6-8-16(3)15-22/h7,9-11,13,16H,4-6,8,12,14-15H2,1-3H3,(H,24,25)/t16-,22+/m1/s1. The first-order chi connectivity index (χ1) is 13.1. The fraction of sp³-hybridized carbons (Fsp3) is 0.545. The molecule has 0 spiro atoms. The van der Waals surface area contributed by atoms with Crippen LogP contribution in [0.2, 0.25) is 0 Å². The topological polar surface area (TPSA) is 60.5 Å². The molecule has 2 atom stereocenters. The number of carbonyl (C=O) groups is 1. The van der Waals surface area contributed by atoms with Gasteiger partial charge in [-0.15, -0.1) is 0 Å². The molecule has 0 aliphatic heterocycles. The van der Waals surface area contributed by atoms with Crippen molar-refractivity contribution in [3.05, 3.63) is 30.5 Å². The van der Waals surface area contributed by atoms with Crippen molar-refractivity contribution in [2.24, 2.45) is 5.92 Å². The van der Waals surface area contributed by atoms with E-state index < -0.39 is 5.60 Å². The van der Waals surface area contributed by atoms with Crippen molar-refractivity contribution in [2.75, 3.05) is 18.5 Å². The van der Waals surface area contributed by atoms with Crippen LogP contribution in [0, 0.1) is 5.92 Å². The maximum Gasteiger partial charge on any atom is 0.256 e. The molecule has 1 amide bonds. The molecule has 1 aliphatic carbocycles. The molecule has 0 bridgehead atoms. The van der Waals surface area contributed by atoms with Gasteiger partial charge >= 0.3 is 0 Å². The molecule has 146 valence electrons. The zero-order valence-electron chi connectivity index (χ0n) is 16.6. The van der Waals surface area contributed by atoms with Crippen molar-refractivity contribution in [3.8, 4) is 5.75 Å². The number of carbonyl (C=O) groups excluding carboxylic acids is 1. The highest BCUT2D eigenvalue weighted by Gasteiger charge is 2.42. The first-order valence-corrected chi connectivity index (χ1v) is 10.1. The second kappa shape index (κ2) is 8.70. The van der Waals surface area contributed by atoms with E-state index in [9.17, 15) is 4.79 Å². The molecular weight excluding hydrogens is 340 g/mol. The minimum atomic E-state index is -0.738. The third-order valence-electron chi connectivity index (χ3n) is 5.23. The van der Waals surface area contributed by atoms with E-state index in [2.05, 4.69) is 24.1 Å². The Hall–Kier alpha value is -2.14. The van der Waals surface area contributed by atoms with Crippen LogP contribution in [-0.2, 0) is 9.53 Å². The molecule has 1 heterocycles. The van der Waals surface area contributed by atoms with Gasteiger partial charge in [0.25, 0.3) is 5.91 Å². The number of hydrogen-bond donors (Lipinski definition) is 1. The Balaban J connectivity index is 1.90. The number of ether oxygens (including phenoxy) is 2. The number of benzene rings is 1. The summed E-state index contributed by atoms with van der Waals surface area (Å²) in [7, 11) is 0. The van der Waals surface area contributed by atoms with E-state index in [1.807, 2.05) is 31.2 Å². The van der Waals surface area contributed by atoms with Gasteiger partial charge in [0.2, 0.25) is 0 Å². The number of pyridine rings is 1. The number of hydrogen-bond acceptors (Lipinski definition) is 4. The Morgan fingerprint density at radius 2 is 2.19 bits per heavy atom. The highest BCUT2D eigenvalue weighted by Crippen LogP contribution is 2.37. The van der Waals surface area contributed by atoms with E-state index in [-0.39, 0.29) is 5.91 Å². The summed E-state index contributed by atoms with van der Waals surface area (Å²) in [6, 6.07) is 7.63. The van der Waals surface area contributed by atoms with Crippen LogP contribution in [0.4, 0.5) is 5.69 Å². The molecule has 1 N–H and O–H groups in total. The van der Waals surface area contributed by atoms with Crippen LogP contribution in [0.15, 0.2) is 30.5 Å². The molecular formula is C22H30N2O3. The van der Waals surface area contributed by atoms with Crippen LogP contribution in [-0.4, -0.2) is 29.7 Å². The minimum Gasteiger partial charge on any atom is -0.491 e. The lowest BCUT2D eigenvalue weighted by Crippen LogP contribution is -2.48. The Kier molecular flexibility index (Phi) is 6.32. The number of fused-ring (bicyclic) bond motifs is 1. The first-order valence-electron chi connectivity index (χ1n) is 10.1. The molecule has 0 saturated heterocycles. The normalized spacial score (nSPS) is 22.6. The summed E-state index contributed by atoms with van der Waals surface area (Å²) in [4.78, 5) is 17.7. The van der Waals surface area contributed by atoms with Crippen molar-refractivity contribution in [1.82, 2.24) is 4.98 Å². The summed E-state index contributed by atoms with van der Waals surface area (Å²) in [5, 5.41) is 4.01. The van der Waals surface area contributed by atoms with Crippen LogP contribution >= 0.6 is 0 Å². The van der Waals surface area contributed by atoms with Crippen LogP contribution in [0.25, 0.3) is 10.9 Å². The van der Waals surface area contributed by atoms with Crippen molar-refractivity contribution in [1.29, 1.82) is 0 Å². The third kappa shape index (κ3) is 4.24. The predicted octanol–water partition coefficient (Wildman–Crippen LogP) is 4.95. The van der Waals surface area contributed by atoms with Crippen LogP contribution in [0.5, 0.6) is 5.75 Å². The smallest absolute Gasteiger partial charge is 0.256 e. The molecule has 1 saturated carbocycles. The van der Waals surface area contributed by atoms with Gasteiger partial charge in [0.1, 0.15) is 16.9 Å². The molecule has 0 unspecified atom stereocenters. The predicted molar refractivity (Wildman–Crippen MR) is 108 cm³/mol. The zero-order valence-corrected chi connectivity index (χ0v) is 16.6. The highest BCUT2D eigenvalue weighted by molar-refractivity contribution is 6.05. The monoisotopic (exact) mass is 370 g/mol. The molecule has 0 radical (unpaired) electrons. The van der Waals surface area contributed by atoms with E-state index in [0.717, 1.165) is 54.4 Å². The largest absolute Gasteiger partial charge is 0.491 e.